The van der Waals surface area contributed by atoms with Gasteiger partial charge in [0.05, 0.1) is 12.7 Å². The molecule has 0 fully saturated rings. The highest BCUT2D eigenvalue weighted by molar-refractivity contribution is 9.09. The summed E-state index contributed by atoms with van der Waals surface area (Å²) in [4.78, 5) is 11.6. The number of fused-ring (bicyclic) bond motifs is 1. The van der Waals surface area contributed by atoms with Crippen molar-refractivity contribution in [2.24, 2.45) is 0 Å². The van der Waals surface area contributed by atoms with E-state index in [4.69, 9.17) is 4.74 Å². The van der Waals surface area contributed by atoms with Crippen LogP contribution in [0.5, 0.6) is 0 Å². The maximum Gasteiger partial charge on any atom is 0.340 e. The third kappa shape index (κ3) is 1.85. The summed E-state index contributed by atoms with van der Waals surface area (Å²) in [6, 6.07) is 7.83. The van der Waals surface area contributed by atoms with Gasteiger partial charge in [0.2, 0.25) is 0 Å². The fourth-order valence-corrected chi connectivity index (χ4v) is 2.18. The molecule has 0 bridgehead atoms. The minimum Gasteiger partial charge on any atom is -0.465 e. The van der Waals surface area contributed by atoms with Gasteiger partial charge in [-0.3, -0.25) is 0 Å². The number of aryl methyl sites for hydroxylation is 1. The molecule has 3 nitrogen and oxygen atoms in total. The van der Waals surface area contributed by atoms with E-state index in [-0.39, 0.29) is 5.97 Å². The number of aromatic nitrogens is 1. The predicted molar refractivity (Wildman–Crippen MR) is 67.1 cm³/mol. The molecule has 0 amide bonds. The van der Waals surface area contributed by atoms with Crippen LogP contribution in [0.15, 0.2) is 30.5 Å². The molecule has 1 aromatic heterocycles. The van der Waals surface area contributed by atoms with Crippen LogP contribution < -0.4 is 0 Å². The van der Waals surface area contributed by atoms with E-state index < -0.39 is 0 Å². The first kappa shape index (κ1) is 11.2. The summed E-state index contributed by atoms with van der Waals surface area (Å²) in [5.74, 6) is -0.287. The molecule has 0 radical (unpaired) electrons. The quantitative estimate of drug-likeness (QED) is 0.640. The predicted octanol–water partition coefficient (Wildman–Crippen LogP) is 2.82. The monoisotopic (exact) mass is 281 g/mol. The van der Waals surface area contributed by atoms with Gasteiger partial charge in [-0.15, -0.1) is 0 Å². The van der Waals surface area contributed by atoms with E-state index in [0.29, 0.717) is 5.56 Å². The molecule has 2 aromatic rings. The zero-order valence-electron chi connectivity index (χ0n) is 8.94. The number of para-hydroxylation sites is 1. The number of hydrogen-bond acceptors (Lipinski definition) is 2. The van der Waals surface area contributed by atoms with Gasteiger partial charge in [0, 0.05) is 29.0 Å². The summed E-state index contributed by atoms with van der Waals surface area (Å²) in [6.45, 7) is 0.831. The smallest absolute Gasteiger partial charge is 0.340 e. The Balaban J connectivity index is 2.61. The largest absolute Gasteiger partial charge is 0.465 e. The number of carbonyl (C=O) groups is 1. The number of nitrogens with zero attached hydrogens (tertiary/aromatic N) is 1. The summed E-state index contributed by atoms with van der Waals surface area (Å²) in [6.07, 6.45) is 1.84. The number of methoxy groups -OCH3 is 1. The lowest BCUT2D eigenvalue weighted by Crippen LogP contribution is -2.00. The number of hydrogen-bond donors (Lipinski definition) is 0. The van der Waals surface area contributed by atoms with Crippen LogP contribution in [0.3, 0.4) is 0 Å². The molecule has 0 saturated carbocycles. The summed E-state index contributed by atoms with van der Waals surface area (Å²) in [7, 11) is 1.40. The molecule has 4 heteroatoms. The Labute approximate surface area is 102 Å². The van der Waals surface area contributed by atoms with Crippen LogP contribution in [-0.4, -0.2) is 23.0 Å². The van der Waals surface area contributed by atoms with Crippen molar-refractivity contribution in [1.29, 1.82) is 0 Å². The van der Waals surface area contributed by atoms with Gasteiger partial charge in [-0.25, -0.2) is 4.79 Å². The SMILES string of the molecule is COC(=O)c1cn(CCBr)c2ccccc12. The minimum atomic E-state index is -0.287. The molecule has 0 spiro atoms. The van der Waals surface area contributed by atoms with E-state index in [9.17, 15) is 4.79 Å². The second-order valence-electron chi connectivity index (χ2n) is 3.43. The molecule has 0 atom stereocenters. The standard InChI is InChI=1S/C12H12BrNO2/c1-16-12(15)10-8-14(7-6-13)11-5-3-2-4-9(10)11/h2-5,8H,6-7H2,1H3. The number of rotatable bonds is 3. The molecule has 16 heavy (non-hydrogen) atoms. The average Bonchev–Trinajstić information content (AvgIpc) is 2.68. The topological polar surface area (TPSA) is 31.2 Å². The molecule has 2 rings (SSSR count). The number of ether oxygens (including phenoxy) is 1. The van der Waals surface area contributed by atoms with Crippen molar-refractivity contribution in [1.82, 2.24) is 4.57 Å². The van der Waals surface area contributed by atoms with Crippen molar-refractivity contribution < 1.29 is 9.53 Å². The number of esters is 1. The second kappa shape index (κ2) is 4.70. The van der Waals surface area contributed by atoms with E-state index in [1.165, 1.54) is 7.11 Å². The molecular formula is C12H12BrNO2. The maximum absolute atomic E-state index is 11.6. The molecule has 0 N–H and O–H groups in total. The normalized spacial score (nSPS) is 10.6. The number of benzene rings is 1. The Kier molecular flexibility index (Phi) is 3.29. The van der Waals surface area contributed by atoms with E-state index >= 15 is 0 Å². The van der Waals surface area contributed by atoms with E-state index in [1.807, 2.05) is 30.5 Å². The van der Waals surface area contributed by atoms with Gasteiger partial charge in [-0.05, 0) is 6.07 Å². The van der Waals surface area contributed by atoms with E-state index in [0.717, 1.165) is 22.8 Å². The summed E-state index contributed by atoms with van der Waals surface area (Å²) in [5, 5.41) is 1.79. The van der Waals surface area contributed by atoms with Gasteiger partial charge < -0.3 is 9.30 Å². The molecule has 1 heterocycles. The van der Waals surface area contributed by atoms with Crippen molar-refractivity contribution >= 4 is 32.8 Å². The third-order valence-electron chi connectivity index (χ3n) is 2.52. The Morgan fingerprint density at radius 1 is 1.44 bits per heavy atom. The zero-order chi connectivity index (χ0) is 11.5. The first-order chi connectivity index (χ1) is 7.77. The van der Waals surface area contributed by atoms with Crippen LogP contribution in [-0.2, 0) is 11.3 Å². The fourth-order valence-electron chi connectivity index (χ4n) is 1.80. The van der Waals surface area contributed by atoms with Crippen LogP contribution in [0.4, 0.5) is 0 Å². The Bertz CT molecular complexity index is 519. The lowest BCUT2D eigenvalue weighted by atomic mass is 10.2. The van der Waals surface area contributed by atoms with Crippen LogP contribution in [0.2, 0.25) is 0 Å². The number of carbonyl (C=O) groups excluding carboxylic acids is 1. The highest BCUT2D eigenvalue weighted by Crippen LogP contribution is 2.22. The van der Waals surface area contributed by atoms with Crippen molar-refractivity contribution in [3.8, 4) is 0 Å². The summed E-state index contributed by atoms with van der Waals surface area (Å²) in [5.41, 5.74) is 1.68. The van der Waals surface area contributed by atoms with Gasteiger partial charge in [-0.2, -0.15) is 0 Å². The Morgan fingerprint density at radius 3 is 2.88 bits per heavy atom. The number of alkyl halides is 1. The second-order valence-corrected chi connectivity index (χ2v) is 4.23. The lowest BCUT2D eigenvalue weighted by Gasteiger charge is -2.00. The molecule has 0 aliphatic carbocycles. The van der Waals surface area contributed by atoms with Gasteiger partial charge in [-0.1, -0.05) is 34.1 Å². The third-order valence-corrected chi connectivity index (χ3v) is 2.87. The van der Waals surface area contributed by atoms with Gasteiger partial charge in [0.1, 0.15) is 0 Å². The summed E-state index contributed by atoms with van der Waals surface area (Å²) < 4.78 is 6.82. The van der Waals surface area contributed by atoms with Crippen LogP contribution in [0.25, 0.3) is 10.9 Å². The first-order valence-electron chi connectivity index (χ1n) is 5.00. The molecule has 0 aliphatic heterocycles. The molecule has 0 unspecified atom stereocenters. The highest BCUT2D eigenvalue weighted by atomic mass is 79.9. The van der Waals surface area contributed by atoms with Crippen molar-refractivity contribution in [2.75, 3.05) is 12.4 Å². The first-order valence-corrected chi connectivity index (χ1v) is 6.12. The van der Waals surface area contributed by atoms with E-state index in [2.05, 4.69) is 20.5 Å². The van der Waals surface area contributed by atoms with Crippen molar-refractivity contribution in [2.45, 2.75) is 6.54 Å². The molecular weight excluding hydrogens is 270 g/mol. The molecule has 1 aromatic carbocycles. The Morgan fingerprint density at radius 2 is 2.19 bits per heavy atom. The maximum atomic E-state index is 11.6. The molecule has 0 saturated heterocycles. The van der Waals surface area contributed by atoms with Crippen LogP contribution >= 0.6 is 15.9 Å². The Hall–Kier alpha value is -1.29. The van der Waals surface area contributed by atoms with Crippen LogP contribution in [0, 0.1) is 0 Å². The fraction of sp³-hybridized carbons (Fsp3) is 0.250. The van der Waals surface area contributed by atoms with E-state index in [1.54, 1.807) is 0 Å². The van der Waals surface area contributed by atoms with Crippen molar-refractivity contribution in [3.63, 3.8) is 0 Å². The van der Waals surface area contributed by atoms with Crippen molar-refractivity contribution in [3.05, 3.63) is 36.0 Å². The summed E-state index contributed by atoms with van der Waals surface area (Å²) >= 11 is 3.40. The average molecular weight is 282 g/mol. The van der Waals surface area contributed by atoms with Gasteiger partial charge in [0.15, 0.2) is 0 Å². The van der Waals surface area contributed by atoms with Crippen LogP contribution in [0.1, 0.15) is 10.4 Å². The molecule has 0 aliphatic rings. The highest BCUT2D eigenvalue weighted by Gasteiger charge is 2.14. The van der Waals surface area contributed by atoms with Gasteiger partial charge in [0.25, 0.3) is 0 Å². The van der Waals surface area contributed by atoms with Gasteiger partial charge >= 0.3 is 5.97 Å². The lowest BCUT2D eigenvalue weighted by molar-refractivity contribution is 0.0603. The zero-order valence-corrected chi connectivity index (χ0v) is 10.5. The number of halogens is 1. The molecule has 84 valence electrons. The minimum absolute atomic E-state index is 0.287.